The monoisotopic (exact) mass is 417 g/mol. The highest BCUT2D eigenvalue weighted by Gasteiger charge is 2.25. The fraction of sp³-hybridized carbons (Fsp3) is 0.478. The topological polar surface area (TPSA) is 45.7 Å². The summed E-state index contributed by atoms with van der Waals surface area (Å²) in [4.78, 5) is 19.4. The first-order chi connectivity index (χ1) is 14.3. The normalized spacial score (nSPS) is 17.3. The molecule has 0 saturated carbocycles. The van der Waals surface area contributed by atoms with E-state index in [0.29, 0.717) is 18.8 Å². The molecule has 1 aromatic carbocycles. The number of halogens is 2. The minimum atomic E-state index is -2.40. The Morgan fingerprint density at radius 3 is 2.67 bits per heavy atom. The lowest BCUT2D eigenvalue weighted by atomic mass is 9.96. The zero-order chi connectivity index (χ0) is 21.7. The highest BCUT2D eigenvalue weighted by atomic mass is 19.3. The zero-order valence-corrected chi connectivity index (χ0v) is 17.7. The highest BCUT2D eigenvalue weighted by molar-refractivity contribution is 5.76. The summed E-state index contributed by atoms with van der Waals surface area (Å²) in [6.07, 6.45) is -0.964. The molecule has 0 aliphatic carbocycles. The van der Waals surface area contributed by atoms with Gasteiger partial charge in [0.25, 0.3) is 6.43 Å². The Labute approximate surface area is 176 Å². The first kappa shape index (κ1) is 22.0. The van der Waals surface area contributed by atoms with Crippen LogP contribution in [0.1, 0.15) is 38.2 Å². The van der Waals surface area contributed by atoms with Gasteiger partial charge >= 0.3 is 0 Å². The van der Waals surface area contributed by atoms with E-state index in [1.54, 1.807) is 20.0 Å². The first-order valence-electron chi connectivity index (χ1n) is 10.3. The van der Waals surface area contributed by atoms with Crippen LogP contribution in [0.25, 0.3) is 0 Å². The van der Waals surface area contributed by atoms with Crippen LogP contribution in [0.3, 0.4) is 0 Å². The summed E-state index contributed by atoms with van der Waals surface area (Å²) < 4.78 is 31.4. The van der Waals surface area contributed by atoms with Gasteiger partial charge in [0, 0.05) is 26.4 Å². The number of carbonyl (C=O) groups excluding carboxylic acids is 1. The molecule has 0 N–H and O–H groups in total. The van der Waals surface area contributed by atoms with E-state index in [-0.39, 0.29) is 24.3 Å². The molecule has 3 rings (SSSR count). The van der Waals surface area contributed by atoms with E-state index in [0.717, 1.165) is 30.1 Å². The third-order valence-corrected chi connectivity index (χ3v) is 5.34. The number of pyridine rings is 1. The van der Waals surface area contributed by atoms with Crippen molar-refractivity contribution < 1.29 is 18.3 Å². The van der Waals surface area contributed by atoms with Gasteiger partial charge in [-0.25, -0.2) is 13.8 Å². The number of benzene rings is 1. The smallest absolute Gasteiger partial charge is 0.255 e. The maximum atomic E-state index is 12.6. The SMILES string of the molecule is CC(=O)C[C@@H](C)c1ccc(O[C@@H]2CCN(c3cccc(N(C)CC(F)F)n3)C2)cc1. The Kier molecular flexibility index (Phi) is 7.24. The molecule has 2 atom stereocenters. The molecular weight excluding hydrogens is 388 g/mol. The average Bonchev–Trinajstić information content (AvgIpc) is 3.16. The Bertz CT molecular complexity index is 845. The maximum Gasteiger partial charge on any atom is 0.255 e. The molecule has 0 bridgehead atoms. The fourth-order valence-corrected chi connectivity index (χ4v) is 3.75. The predicted molar refractivity (Wildman–Crippen MR) is 115 cm³/mol. The number of anilines is 2. The molecule has 162 valence electrons. The number of Topliss-reactive ketones (excluding diaryl/α,β-unsaturated/α-hetero) is 1. The summed E-state index contributed by atoms with van der Waals surface area (Å²) in [6, 6.07) is 13.4. The van der Waals surface area contributed by atoms with Crippen molar-refractivity contribution in [1.29, 1.82) is 0 Å². The summed E-state index contributed by atoms with van der Waals surface area (Å²) in [6.45, 7) is 4.81. The van der Waals surface area contributed by atoms with Crippen LogP contribution in [0.5, 0.6) is 5.75 Å². The predicted octanol–water partition coefficient (Wildman–Crippen LogP) is 4.52. The second kappa shape index (κ2) is 9.87. The second-order valence-electron chi connectivity index (χ2n) is 7.98. The number of ether oxygens (including phenoxy) is 1. The number of carbonyl (C=O) groups is 1. The standard InChI is InChI=1S/C23H29F2N3O2/c1-16(13-17(2)29)18-7-9-19(10-8-18)30-20-11-12-28(14-20)23-6-4-5-22(26-23)27(3)15-21(24)25/h4-10,16,20-21H,11-15H2,1-3H3/t16-,20-/m1/s1. The first-order valence-corrected chi connectivity index (χ1v) is 10.3. The molecule has 2 aromatic rings. The molecule has 2 heterocycles. The van der Waals surface area contributed by atoms with Crippen molar-refractivity contribution in [3.63, 3.8) is 0 Å². The van der Waals surface area contributed by atoms with Crippen molar-refractivity contribution in [3.8, 4) is 5.75 Å². The number of aromatic nitrogens is 1. The van der Waals surface area contributed by atoms with E-state index in [4.69, 9.17) is 4.74 Å². The van der Waals surface area contributed by atoms with Crippen LogP contribution in [0.4, 0.5) is 20.4 Å². The van der Waals surface area contributed by atoms with Gasteiger partial charge < -0.3 is 19.3 Å². The van der Waals surface area contributed by atoms with Crippen molar-refractivity contribution in [1.82, 2.24) is 4.98 Å². The zero-order valence-electron chi connectivity index (χ0n) is 17.7. The third kappa shape index (κ3) is 5.90. The molecule has 7 heteroatoms. The summed E-state index contributed by atoms with van der Waals surface area (Å²) in [5.74, 6) is 2.49. The van der Waals surface area contributed by atoms with E-state index in [9.17, 15) is 13.6 Å². The van der Waals surface area contributed by atoms with Gasteiger partial charge in [0.1, 0.15) is 29.3 Å². The van der Waals surface area contributed by atoms with Crippen molar-refractivity contribution in [2.24, 2.45) is 0 Å². The number of hydrogen-bond acceptors (Lipinski definition) is 5. The minimum absolute atomic E-state index is 0.0368. The maximum absolute atomic E-state index is 12.6. The molecule has 0 amide bonds. The van der Waals surface area contributed by atoms with E-state index < -0.39 is 6.43 Å². The van der Waals surface area contributed by atoms with Crippen molar-refractivity contribution in [2.75, 3.05) is 36.5 Å². The van der Waals surface area contributed by atoms with Crippen LogP contribution in [0.2, 0.25) is 0 Å². The number of hydrogen-bond donors (Lipinski definition) is 0. The van der Waals surface area contributed by atoms with E-state index >= 15 is 0 Å². The molecule has 1 aromatic heterocycles. The van der Waals surface area contributed by atoms with E-state index in [1.807, 2.05) is 43.3 Å². The largest absolute Gasteiger partial charge is 0.489 e. The van der Waals surface area contributed by atoms with Gasteiger partial charge in [0.15, 0.2) is 0 Å². The van der Waals surface area contributed by atoms with E-state index in [1.165, 1.54) is 4.90 Å². The lowest BCUT2D eigenvalue weighted by molar-refractivity contribution is -0.117. The number of rotatable bonds is 9. The summed E-state index contributed by atoms with van der Waals surface area (Å²) in [5.41, 5.74) is 1.12. The van der Waals surface area contributed by atoms with Crippen LogP contribution >= 0.6 is 0 Å². The van der Waals surface area contributed by atoms with Gasteiger partial charge in [-0.3, -0.25) is 0 Å². The highest BCUT2D eigenvalue weighted by Crippen LogP contribution is 2.26. The van der Waals surface area contributed by atoms with Crippen molar-refractivity contribution in [3.05, 3.63) is 48.0 Å². The molecule has 1 saturated heterocycles. The van der Waals surface area contributed by atoms with Crippen molar-refractivity contribution in [2.45, 2.75) is 45.1 Å². The van der Waals surface area contributed by atoms with Gasteiger partial charge in [-0.1, -0.05) is 25.1 Å². The summed E-state index contributed by atoms with van der Waals surface area (Å²) in [7, 11) is 1.62. The molecule has 30 heavy (non-hydrogen) atoms. The fourth-order valence-electron chi connectivity index (χ4n) is 3.75. The molecule has 0 radical (unpaired) electrons. The van der Waals surface area contributed by atoms with Crippen LogP contribution in [-0.4, -0.2) is 50.0 Å². The molecule has 5 nitrogen and oxygen atoms in total. The van der Waals surface area contributed by atoms with Crippen LogP contribution in [0.15, 0.2) is 42.5 Å². The minimum Gasteiger partial charge on any atom is -0.489 e. The average molecular weight is 418 g/mol. The molecular formula is C23H29F2N3O2. The van der Waals surface area contributed by atoms with Crippen LogP contribution in [0, 0.1) is 0 Å². The van der Waals surface area contributed by atoms with Crippen LogP contribution < -0.4 is 14.5 Å². The summed E-state index contributed by atoms with van der Waals surface area (Å²) in [5, 5.41) is 0. The third-order valence-electron chi connectivity index (χ3n) is 5.34. The molecule has 1 fully saturated rings. The lowest BCUT2D eigenvalue weighted by Crippen LogP contribution is -2.27. The molecule has 0 unspecified atom stereocenters. The summed E-state index contributed by atoms with van der Waals surface area (Å²) >= 11 is 0. The van der Waals surface area contributed by atoms with Gasteiger partial charge in [0.05, 0.1) is 13.1 Å². The van der Waals surface area contributed by atoms with Crippen molar-refractivity contribution >= 4 is 17.4 Å². The van der Waals surface area contributed by atoms with Crippen LogP contribution in [-0.2, 0) is 4.79 Å². The Morgan fingerprint density at radius 2 is 2.00 bits per heavy atom. The second-order valence-corrected chi connectivity index (χ2v) is 7.98. The Balaban J connectivity index is 1.57. The molecule has 1 aliphatic rings. The Morgan fingerprint density at radius 1 is 1.27 bits per heavy atom. The quantitative estimate of drug-likeness (QED) is 0.600. The molecule has 0 spiro atoms. The number of nitrogens with zero attached hydrogens (tertiary/aromatic N) is 3. The Hall–Kier alpha value is -2.70. The van der Waals surface area contributed by atoms with Gasteiger partial charge in [-0.15, -0.1) is 0 Å². The van der Waals surface area contributed by atoms with E-state index in [2.05, 4.69) is 9.88 Å². The van der Waals surface area contributed by atoms with Gasteiger partial charge in [-0.2, -0.15) is 0 Å². The number of alkyl halides is 2. The lowest BCUT2D eigenvalue weighted by Gasteiger charge is -2.22. The van der Waals surface area contributed by atoms with Gasteiger partial charge in [-0.05, 0) is 42.7 Å². The van der Waals surface area contributed by atoms with Gasteiger partial charge in [0.2, 0.25) is 0 Å². The molecule has 1 aliphatic heterocycles. The number of ketones is 1.